The number of ether oxygens (including phenoxy) is 1. The van der Waals surface area contributed by atoms with Gasteiger partial charge in [0.05, 0.1) is 16.9 Å². The lowest BCUT2D eigenvalue weighted by Crippen LogP contribution is -2.44. The van der Waals surface area contributed by atoms with Crippen molar-refractivity contribution in [3.8, 4) is 11.1 Å². The van der Waals surface area contributed by atoms with E-state index in [4.69, 9.17) is 20.3 Å². The Morgan fingerprint density at radius 3 is 2.40 bits per heavy atom. The third-order valence-corrected chi connectivity index (χ3v) is 10.9. The lowest BCUT2D eigenvalue weighted by molar-refractivity contribution is -0.0946. The van der Waals surface area contributed by atoms with Crippen LogP contribution < -0.4 is 5.73 Å². The predicted molar refractivity (Wildman–Crippen MR) is 141 cm³/mol. The second-order valence-electron chi connectivity index (χ2n) is 9.29. The normalized spacial score (nSPS) is 26.2. The maximum Gasteiger partial charge on any atom is 0.490 e. The lowest BCUT2D eigenvalue weighted by Gasteiger charge is -2.27. The Balaban J connectivity index is 1.66. The van der Waals surface area contributed by atoms with Crippen LogP contribution >= 0.6 is 23.5 Å². The van der Waals surface area contributed by atoms with E-state index in [-0.39, 0.29) is 21.7 Å². The molecular formula is C19H25N4O15P3S. The van der Waals surface area contributed by atoms with Crippen LogP contribution in [-0.4, -0.2) is 83.4 Å². The molecule has 8 N–H and O–H groups in total. The van der Waals surface area contributed by atoms with Gasteiger partial charge in [-0.1, -0.05) is 12.1 Å². The Hall–Kier alpha value is -2.12. The highest BCUT2D eigenvalue weighted by Crippen LogP contribution is 2.66. The molecule has 2 unspecified atom stereocenters. The van der Waals surface area contributed by atoms with Gasteiger partial charge >= 0.3 is 23.5 Å². The maximum atomic E-state index is 12.1. The molecular weight excluding hydrogens is 649 g/mol. The first-order valence-electron chi connectivity index (χ1n) is 11.4. The largest absolute Gasteiger partial charge is 0.490 e. The molecule has 19 nitrogen and oxygen atoms in total. The number of nitrogen functional groups attached to an aromatic ring is 1. The molecule has 1 saturated heterocycles. The number of hydrogen-bond acceptors (Lipinski definition) is 14. The molecule has 3 heterocycles. The van der Waals surface area contributed by atoms with E-state index >= 15 is 0 Å². The van der Waals surface area contributed by atoms with Gasteiger partial charge in [-0.15, -0.1) is 0 Å². The van der Waals surface area contributed by atoms with Gasteiger partial charge in [-0.3, -0.25) is 4.52 Å². The van der Waals surface area contributed by atoms with Crippen LogP contribution in [0.3, 0.4) is 0 Å². The molecule has 0 radical (unpaired) electrons. The molecule has 0 aliphatic carbocycles. The summed E-state index contributed by atoms with van der Waals surface area (Å²) < 4.78 is 77.6. The van der Waals surface area contributed by atoms with Gasteiger partial charge in [-0.25, -0.2) is 32.1 Å². The third kappa shape index (κ3) is 6.99. The van der Waals surface area contributed by atoms with Gasteiger partial charge in [0.25, 0.3) is 0 Å². The van der Waals surface area contributed by atoms with Gasteiger partial charge in [0.2, 0.25) is 0 Å². The Kier molecular flexibility index (Phi) is 8.67. The monoisotopic (exact) mass is 674 g/mol. The molecule has 1 fully saturated rings. The van der Waals surface area contributed by atoms with E-state index < -0.39 is 63.9 Å². The zero-order chi connectivity index (χ0) is 31.5. The number of nitrogens with two attached hydrogens (primary N) is 1. The molecule has 2 aromatic heterocycles. The summed E-state index contributed by atoms with van der Waals surface area (Å²) in [4.78, 5) is 44.5. The minimum absolute atomic E-state index is 0.00217. The van der Waals surface area contributed by atoms with Crippen LogP contribution in [0, 0.1) is 0 Å². The second kappa shape index (κ2) is 11.1. The smallest absolute Gasteiger partial charge is 0.387 e. The number of aliphatic hydroxyl groups excluding tert-OH is 1. The number of sulfone groups is 1. The molecule has 0 amide bonds. The molecule has 3 aromatic rings. The molecule has 6 atom stereocenters. The number of aliphatic hydroxyl groups is 2. The van der Waals surface area contributed by atoms with Crippen molar-refractivity contribution in [2.75, 3.05) is 18.6 Å². The summed E-state index contributed by atoms with van der Waals surface area (Å²) >= 11 is 0. The number of nitrogens with zero attached hydrogens (tertiary/aromatic N) is 3. The summed E-state index contributed by atoms with van der Waals surface area (Å²) in [6.45, 7) is 0.116. The second-order valence-corrected chi connectivity index (χ2v) is 15.7. The molecule has 1 aliphatic rings. The van der Waals surface area contributed by atoms with Crippen molar-refractivity contribution in [2.24, 2.45) is 0 Å². The third-order valence-electron chi connectivity index (χ3n) is 6.04. The predicted octanol–water partition coefficient (Wildman–Crippen LogP) is 0.437. The summed E-state index contributed by atoms with van der Waals surface area (Å²) in [6, 6.07) is 5.87. The highest BCUT2D eigenvalue weighted by Gasteiger charge is 2.54. The average Bonchev–Trinajstić information content (AvgIpc) is 3.31. The summed E-state index contributed by atoms with van der Waals surface area (Å²) in [5, 5.41) is 22.2. The molecule has 1 aliphatic heterocycles. The summed E-state index contributed by atoms with van der Waals surface area (Å²) in [5.41, 5.74) is 4.76. The molecule has 0 bridgehead atoms. The summed E-state index contributed by atoms with van der Waals surface area (Å²) in [5.74, 6) is -0.0131. The molecule has 23 heteroatoms. The molecule has 0 saturated carbocycles. The highest BCUT2D eigenvalue weighted by molar-refractivity contribution is 7.90. The van der Waals surface area contributed by atoms with Crippen LogP contribution in [0.25, 0.3) is 22.2 Å². The summed E-state index contributed by atoms with van der Waals surface area (Å²) in [6.07, 6.45) is -1.36. The SMILES string of the molecule is C[C@@]1(O)[C@H](O)[C@@H](COP(=O)(O)OP(=O)(O)OP(=O)(O)O)O[C@H]1n1cc(-c2cccc(S(C)(=O)=O)c2)c2c(N)ncnc21. The first-order chi connectivity index (χ1) is 19.1. The van der Waals surface area contributed by atoms with Gasteiger partial charge in [0.15, 0.2) is 16.1 Å². The van der Waals surface area contributed by atoms with Crippen molar-refractivity contribution >= 4 is 50.2 Å². The zero-order valence-electron chi connectivity index (χ0n) is 21.4. The fraction of sp³-hybridized carbons (Fsp3) is 0.368. The lowest BCUT2D eigenvalue weighted by atomic mass is 9.96. The standard InChI is InChI=1S/C19H25N4O15P3S/c1-19(25)15(24)13(8-35-40(29,30)38-41(31,32)37-39(26,27)28)36-18(19)23-7-12(14-16(20)21-9-22-17(14)23)10-4-3-5-11(6-10)42(2,33)34/h3-7,9,13,15,18,24-25H,8H2,1-2H3,(H,29,30)(H,31,32)(H2,20,21,22)(H2,26,27,28)/t13-,15-,18-,19-/m1/s1. The number of benzene rings is 1. The maximum absolute atomic E-state index is 12.1. The fourth-order valence-corrected chi connectivity index (χ4v) is 7.95. The van der Waals surface area contributed by atoms with E-state index in [2.05, 4.69) is 23.1 Å². The van der Waals surface area contributed by atoms with E-state index in [1.54, 1.807) is 6.07 Å². The molecule has 0 spiro atoms. The number of hydrogen-bond donors (Lipinski definition) is 7. The van der Waals surface area contributed by atoms with E-state index in [1.165, 1.54) is 29.0 Å². The van der Waals surface area contributed by atoms with Crippen molar-refractivity contribution in [3.63, 3.8) is 0 Å². The number of aromatic nitrogens is 3. The minimum atomic E-state index is -5.79. The van der Waals surface area contributed by atoms with Crippen LogP contribution in [0.2, 0.25) is 0 Å². The molecule has 232 valence electrons. The Bertz CT molecular complexity index is 1770. The Morgan fingerprint density at radius 1 is 1.12 bits per heavy atom. The van der Waals surface area contributed by atoms with Gasteiger partial charge in [0, 0.05) is 18.0 Å². The van der Waals surface area contributed by atoms with Gasteiger partial charge in [-0.2, -0.15) is 8.62 Å². The number of phosphoric ester groups is 1. The first kappa shape index (κ1) is 32.8. The van der Waals surface area contributed by atoms with E-state index in [0.717, 1.165) is 19.5 Å². The Morgan fingerprint density at radius 2 is 1.79 bits per heavy atom. The average molecular weight is 674 g/mol. The van der Waals surface area contributed by atoms with Crippen molar-refractivity contribution in [1.82, 2.24) is 14.5 Å². The van der Waals surface area contributed by atoms with E-state index in [1.807, 2.05) is 0 Å². The Labute approximate surface area is 236 Å². The number of rotatable bonds is 10. The molecule has 1 aromatic carbocycles. The van der Waals surface area contributed by atoms with Gasteiger partial charge in [0.1, 0.15) is 35.6 Å². The number of phosphoric acid groups is 3. The van der Waals surface area contributed by atoms with E-state index in [9.17, 15) is 42.1 Å². The first-order valence-corrected chi connectivity index (χ1v) is 17.8. The van der Waals surface area contributed by atoms with Crippen LogP contribution in [0.5, 0.6) is 0 Å². The van der Waals surface area contributed by atoms with Gasteiger partial charge in [-0.05, 0) is 24.6 Å². The van der Waals surface area contributed by atoms with Crippen LogP contribution in [0.1, 0.15) is 13.2 Å². The quantitative estimate of drug-likeness (QED) is 0.143. The van der Waals surface area contributed by atoms with E-state index in [0.29, 0.717) is 11.1 Å². The number of fused-ring (bicyclic) bond motifs is 1. The highest BCUT2D eigenvalue weighted by atomic mass is 32.2. The van der Waals surface area contributed by atoms with Crippen molar-refractivity contribution in [3.05, 3.63) is 36.8 Å². The topological polar surface area (TPSA) is 300 Å². The summed E-state index contributed by atoms with van der Waals surface area (Å²) in [7, 11) is -20.6. The van der Waals surface area contributed by atoms with Crippen LogP contribution in [-0.2, 0) is 41.4 Å². The fourth-order valence-electron chi connectivity index (χ4n) is 4.25. The zero-order valence-corrected chi connectivity index (χ0v) is 24.9. The molecule has 42 heavy (non-hydrogen) atoms. The van der Waals surface area contributed by atoms with Crippen molar-refractivity contribution in [1.29, 1.82) is 0 Å². The van der Waals surface area contributed by atoms with Crippen molar-refractivity contribution in [2.45, 2.75) is 35.9 Å². The number of anilines is 1. The molecule has 4 rings (SSSR count). The minimum Gasteiger partial charge on any atom is -0.387 e. The van der Waals surface area contributed by atoms with Crippen molar-refractivity contribution < 1.29 is 69.8 Å². The van der Waals surface area contributed by atoms with Crippen LogP contribution in [0.15, 0.2) is 41.7 Å². The van der Waals surface area contributed by atoms with Gasteiger partial charge < -0.3 is 44.8 Å². The van der Waals surface area contributed by atoms with Crippen LogP contribution in [0.4, 0.5) is 5.82 Å².